The summed E-state index contributed by atoms with van der Waals surface area (Å²) in [7, 11) is 2.50. The Bertz CT molecular complexity index is 1240. The van der Waals surface area contributed by atoms with E-state index in [1.54, 1.807) is 17.3 Å². The van der Waals surface area contributed by atoms with Crippen LogP contribution in [0.25, 0.3) is 11.0 Å². The number of fused-ring (bicyclic) bond motifs is 1. The number of alkyl halides is 4. The van der Waals surface area contributed by atoms with E-state index in [-0.39, 0.29) is 13.0 Å². The third kappa shape index (κ3) is 4.47. The summed E-state index contributed by atoms with van der Waals surface area (Å²) in [6.45, 7) is 0.421. The molecular weight excluding hydrogens is 446 g/mol. The minimum atomic E-state index is -4.69. The smallest absolute Gasteiger partial charge is 0.367 e. The zero-order chi connectivity index (χ0) is 23.9. The van der Waals surface area contributed by atoms with Gasteiger partial charge in [0, 0.05) is 26.8 Å². The molecule has 0 saturated carbocycles. The average Bonchev–Trinajstić information content (AvgIpc) is 3.23. The SMILES string of the molecule is CN(C(=O)Nc1cc(C(F)(F)F)cn(C)c1=O)[C@@H]1CCN(c2cnc3cn[nH]c3c2)C[C@@H]1F. The zero-order valence-electron chi connectivity index (χ0n) is 17.7. The fourth-order valence-electron chi connectivity index (χ4n) is 3.87. The van der Waals surface area contributed by atoms with E-state index in [1.807, 2.05) is 6.07 Å². The molecule has 0 unspecified atom stereocenters. The van der Waals surface area contributed by atoms with Crippen LogP contribution in [0.5, 0.6) is 0 Å². The standard InChI is InChI=1S/C20H21F4N7O2/c1-29-9-11(20(22,23)24)5-15(18(29)32)27-19(33)30(2)17-3-4-31(10-13(17)21)12-6-14-16(25-7-12)8-26-28-14/h5-9,13,17H,3-4,10H2,1-2H3,(H,26,28)(H,27,33)/t13-,17+/m0/s1. The Morgan fingerprint density at radius 3 is 2.76 bits per heavy atom. The summed E-state index contributed by atoms with van der Waals surface area (Å²) < 4.78 is 54.9. The molecule has 1 saturated heterocycles. The molecule has 33 heavy (non-hydrogen) atoms. The Hall–Kier alpha value is -3.64. The molecule has 3 aromatic heterocycles. The maximum atomic E-state index is 15.0. The number of rotatable bonds is 3. The number of piperidine rings is 1. The van der Waals surface area contributed by atoms with E-state index in [0.717, 1.165) is 16.5 Å². The van der Waals surface area contributed by atoms with Crippen LogP contribution in [0.2, 0.25) is 0 Å². The lowest BCUT2D eigenvalue weighted by Gasteiger charge is -2.39. The van der Waals surface area contributed by atoms with Crippen LogP contribution in [0.15, 0.2) is 35.5 Å². The lowest BCUT2D eigenvalue weighted by atomic mass is 10.0. The molecule has 3 aromatic rings. The number of halogens is 4. The Balaban J connectivity index is 1.45. The molecule has 2 N–H and O–H groups in total. The highest BCUT2D eigenvalue weighted by molar-refractivity contribution is 5.89. The van der Waals surface area contributed by atoms with Gasteiger partial charge in [-0.15, -0.1) is 0 Å². The van der Waals surface area contributed by atoms with Gasteiger partial charge in [0.15, 0.2) is 0 Å². The Labute approximate surface area is 185 Å². The second kappa shape index (κ2) is 8.37. The van der Waals surface area contributed by atoms with Crippen molar-refractivity contribution in [3.63, 3.8) is 0 Å². The topological polar surface area (TPSA) is 99.2 Å². The number of H-pyrrole nitrogens is 1. The van der Waals surface area contributed by atoms with Gasteiger partial charge in [0.1, 0.15) is 17.4 Å². The lowest BCUT2D eigenvalue weighted by molar-refractivity contribution is -0.138. The van der Waals surface area contributed by atoms with Crippen LogP contribution < -0.4 is 15.8 Å². The number of hydrogen-bond donors (Lipinski definition) is 2. The number of carbonyl (C=O) groups is 1. The molecule has 9 nitrogen and oxygen atoms in total. The van der Waals surface area contributed by atoms with E-state index in [2.05, 4.69) is 20.5 Å². The molecule has 1 fully saturated rings. The summed E-state index contributed by atoms with van der Waals surface area (Å²) in [4.78, 5) is 32.0. The summed E-state index contributed by atoms with van der Waals surface area (Å²) in [6, 6.07) is 0.692. The van der Waals surface area contributed by atoms with Crippen molar-refractivity contribution in [2.45, 2.75) is 24.8 Å². The van der Waals surface area contributed by atoms with Gasteiger partial charge in [-0.3, -0.25) is 14.9 Å². The number of hydrogen-bond acceptors (Lipinski definition) is 5. The predicted octanol–water partition coefficient (Wildman–Crippen LogP) is 2.76. The first-order valence-corrected chi connectivity index (χ1v) is 10.0. The lowest BCUT2D eigenvalue weighted by Crippen LogP contribution is -2.54. The van der Waals surface area contributed by atoms with Gasteiger partial charge in [-0.1, -0.05) is 0 Å². The Morgan fingerprint density at radius 1 is 1.30 bits per heavy atom. The highest BCUT2D eigenvalue weighted by atomic mass is 19.4. The Morgan fingerprint density at radius 2 is 2.06 bits per heavy atom. The number of aryl methyl sites for hydroxylation is 1. The summed E-state index contributed by atoms with van der Waals surface area (Å²) in [5.41, 5.74) is -0.324. The highest BCUT2D eigenvalue weighted by Gasteiger charge is 2.35. The monoisotopic (exact) mass is 467 g/mol. The number of urea groups is 1. The molecular formula is C20H21F4N7O2. The second-order valence-electron chi connectivity index (χ2n) is 7.91. The van der Waals surface area contributed by atoms with Crippen LogP contribution in [0.3, 0.4) is 0 Å². The molecule has 0 spiro atoms. The van der Waals surface area contributed by atoms with Crippen LogP contribution >= 0.6 is 0 Å². The van der Waals surface area contributed by atoms with Crippen LogP contribution in [0.4, 0.5) is 33.7 Å². The molecule has 13 heteroatoms. The molecule has 0 aliphatic carbocycles. The molecule has 4 heterocycles. The van der Waals surface area contributed by atoms with Crippen LogP contribution in [0, 0.1) is 0 Å². The number of amides is 2. The van der Waals surface area contributed by atoms with Crippen molar-refractivity contribution < 1.29 is 22.4 Å². The quantitative estimate of drug-likeness (QED) is 0.578. The van der Waals surface area contributed by atoms with E-state index >= 15 is 4.39 Å². The molecule has 0 aromatic carbocycles. The van der Waals surface area contributed by atoms with Gasteiger partial charge >= 0.3 is 12.2 Å². The molecule has 0 bridgehead atoms. The molecule has 176 valence electrons. The van der Waals surface area contributed by atoms with Crippen molar-refractivity contribution in [2.24, 2.45) is 7.05 Å². The number of carbonyl (C=O) groups excluding carboxylic acids is 1. The maximum absolute atomic E-state index is 15.0. The molecule has 2 atom stereocenters. The number of nitrogens with zero attached hydrogens (tertiary/aromatic N) is 5. The number of nitrogens with one attached hydrogen (secondary N) is 2. The molecule has 4 rings (SSSR count). The largest absolute Gasteiger partial charge is 0.417 e. The first kappa shape index (κ1) is 22.6. The normalized spacial score (nSPS) is 19.0. The fraction of sp³-hybridized carbons (Fsp3) is 0.400. The zero-order valence-corrected chi connectivity index (χ0v) is 17.7. The first-order chi connectivity index (χ1) is 15.5. The van der Waals surface area contributed by atoms with Gasteiger partial charge in [0.2, 0.25) is 0 Å². The summed E-state index contributed by atoms with van der Waals surface area (Å²) >= 11 is 0. The van der Waals surface area contributed by atoms with Crippen molar-refractivity contribution in [3.05, 3.63) is 46.6 Å². The second-order valence-corrected chi connectivity index (χ2v) is 7.91. The van der Waals surface area contributed by atoms with E-state index in [4.69, 9.17) is 0 Å². The number of aromatic amines is 1. The van der Waals surface area contributed by atoms with Gasteiger partial charge in [0.25, 0.3) is 5.56 Å². The highest BCUT2D eigenvalue weighted by Crippen LogP contribution is 2.30. The van der Waals surface area contributed by atoms with Gasteiger partial charge in [0.05, 0.1) is 41.7 Å². The van der Waals surface area contributed by atoms with E-state index < -0.39 is 41.2 Å². The minimum absolute atomic E-state index is 0.00502. The first-order valence-electron chi connectivity index (χ1n) is 10.0. The van der Waals surface area contributed by atoms with Gasteiger partial charge in [-0.25, -0.2) is 9.18 Å². The fourth-order valence-corrected chi connectivity index (χ4v) is 3.87. The van der Waals surface area contributed by atoms with Gasteiger partial charge in [-0.2, -0.15) is 18.3 Å². The van der Waals surface area contributed by atoms with Crippen molar-refractivity contribution >= 4 is 28.4 Å². The predicted molar refractivity (Wildman–Crippen MR) is 113 cm³/mol. The number of aromatic nitrogens is 4. The van der Waals surface area contributed by atoms with E-state index in [0.29, 0.717) is 35.5 Å². The van der Waals surface area contributed by atoms with Crippen molar-refractivity contribution in [1.82, 2.24) is 24.6 Å². The van der Waals surface area contributed by atoms with Crippen LogP contribution in [0.1, 0.15) is 12.0 Å². The Kier molecular flexibility index (Phi) is 5.72. The third-order valence-corrected chi connectivity index (χ3v) is 5.72. The molecule has 0 radical (unpaired) electrons. The number of anilines is 2. The van der Waals surface area contributed by atoms with E-state index in [1.165, 1.54) is 7.05 Å². The van der Waals surface area contributed by atoms with E-state index in [9.17, 15) is 22.8 Å². The van der Waals surface area contributed by atoms with Crippen LogP contribution in [-0.2, 0) is 13.2 Å². The summed E-state index contributed by atoms with van der Waals surface area (Å²) in [5.74, 6) is 0. The summed E-state index contributed by atoms with van der Waals surface area (Å²) in [5, 5.41) is 8.90. The third-order valence-electron chi connectivity index (χ3n) is 5.72. The van der Waals surface area contributed by atoms with Crippen molar-refractivity contribution in [1.29, 1.82) is 0 Å². The molecule has 1 aliphatic heterocycles. The number of pyridine rings is 2. The summed E-state index contributed by atoms with van der Waals surface area (Å²) in [6.07, 6.45) is -2.02. The van der Waals surface area contributed by atoms with Crippen molar-refractivity contribution in [3.8, 4) is 0 Å². The molecule has 1 aliphatic rings. The maximum Gasteiger partial charge on any atom is 0.417 e. The minimum Gasteiger partial charge on any atom is -0.367 e. The van der Waals surface area contributed by atoms with Crippen molar-refractivity contribution in [2.75, 3.05) is 30.4 Å². The van der Waals surface area contributed by atoms with Gasteiger partial charge < -0.3 is 19.7 Å². The average molecular weight is 467 g/mol. The van der Waals surface area contributed by atoms with Gasteiger partial charge in [-0.05, 0) is 18.6 Å². The molecule has 2 amide bonds. The van der Waals surface area contributed by atoms with Crippen LogP contribution in [-0.4, -0.2) is 63.0 Å².